The van der Waals surface area contributed by atoms with Gasteiger partial charge in [-0.3, -0.25) is 4.79 Å². The SMILES string of the molecule is Cn1c(Nc2ccc(C(=O)O)cc2)nc(=O)c2ccccc21. The minimum absolute atomic E-state index is 0.200. The molecular formula is C16H13N3O3. The van der Waals surface area contributed by atoms with Gasteiger partial charge in [0, 0.05) is 12.7 Å². The Kier molecular flexibility index (Phi) is 3.34. The highest BCUT2D eigenvalue weighted by Crippen LogP contribution is 2.17. The molecule has 3 aromatic rings. The van der Waals surface area contributed by atoms with E-state index in [0.717, 1.165) is 5.52 Å². The molecule has 2 N–H and O–H groups in total. The van der Waals surface area contributed by atoms with Crippen LogP contribution in [0.2, 0.25) is 0 Å². The molecule has 6 heteroatoms. The predicted octanol–water partition coefficient (Wildman–Crippen LogP) is 2.38. The molecule has 0 atom stereocenters. The first-order valence-electron chi connectivity index (χ1n) is 6.62. The molecule has 0 bridgehead atoms. The number of para-hydroxylation sites is 1. The predicted molar refractivity (Wildman–Crippen MR) is 83.7 cm³/mol. The third-order valence-electron chi connectivity index (χ3n) is 3.41. The molecule has 0 aliphatic heterocycles. The van der Waals surface area contributed by atoms with E-state index in [9.17, 15) is 9.59 Å². The number of aromatic nitrogens is 2. The number of nitrogens with zero attached hydrogens (tertiary/aromatic N) is 2. The van der Waals surface area contributed by atoms with Crippen molar-refractivity contribution in [2.45, 2.75) is 0 Å². The number of aryl methyl sites for hydroxylation is 1. The van der Waals surface area contributed by atoms with Crippen molar-refractivity contribution in [2.75, 3.05) is 5.32 Å². The van der Waals surface area contributed by atoms with Gasteiger partial charge >= 0.3 is 5.97 Å². The summed E-state index contributed by atoms with van der Waals surface area (Å²) in [7, 11) is 1.81. The Morgan fingerprint density at radius 1 is 1.14 bits per heavy atom. The van der Waals surface area contributed by atoms with Crippen LogP contribution in [0.25, 0.3) is 10.9 Å². The zero-order valence-corrected chi connectivity index (χ0v) is 11.8. The number of carboxylic acid groups (broad SMARTS) is 1. The zero-order valence-electron chi connectivity index (χ0n) is 11.8. The largest absolute Gasteiger partial charge is 0.478 e. The lowest BCUT2D eigenvalue weighted by Gasteiger charge is -2.12. The summed E-state index contributed by atoms with van der Waals surface area (Å²) in [6, 6.07) is 13.5. The Balaban J connectivity index is 2.02. The molecule has 0 saturated carbocycles. The topological polar surface area (TPSA) is 84.2 Å². The molecule has 0 amide bonds. The second kappa shape index (κ2) is 5.33. The van der Waals surface area contributed by atoms with Crippen LogP contribution in [0.15, 0.2) is 53.3 Å². The van der Waals surface area contributed by atoms with Crippen LogP contribution in [0.3, 0.4) is 0 Å². The average Bonchev–Trinajstić information content (AvgIpc) is 2.53. The molecule has 0 fully saturated rings. The first-order valence-corrected chi connectivity index (χ1v) is 6.62. The number of fused-ring (bicyclic) bond motifs is 1. The quantitative estimate of drug-likeness (QED) is 0.775. The molecule has 1 heterocycles. The van der Waals surface area contributed by atoms with Gasteiger partial charge in [-0.25, -0.2) is 4.79 Å². The van der Waals surface area contributed by atoms with Crippen molar-refractivity contribution in [2.24, 2.45) is 7.05 Å². The third kappa shape index (κ3) is 2.42. The van der Waals surface area contributed by atoms with Gasteiger partial charge in [0.15, 0.2) is 0 Å². The van der Waals surface area contributed by atoms with E-state index in [1.54, 1.807) is 28.8 Å². The van der Waals surface area contributed by atoms with Gasteiger partial charge in [0.25, 0.3) is 5.56 Å². The van der Waals surface area contributed by atoms with Gasteiger partial charge < -0.3 is 15.0 Å². The van der Waals surface area contributed by atoms with Crippen LogP contribution >= 0.6 is 0 Å². The fraction of sp³-hybridized carbons (Fsp3) is 0.0625. The van der Waals surface area contributed by atoms with Crippen LogP contribution in [0.5, 0.6) is 0 Å². The van der Waals surface area contributed by atoms with Crippen molar-refractivity contribution in [1.29, 1.82) is 0 Å². The highest BCUT2D eigenvalue weighted by Gasteiger charge is 2.08. The van der Waals surface area contributed by atoms with Gasteiger partial charge in [0.2, 0.25) is 5.95 Å². The van der Waals surface area contributed by atoms with E-state index in [2.05, 4.69) is 10.3 Å². The minimum atomic E-state index is -0.984. The van der Waals surface area contributed by atoms with E-state index in [4.69, 9.17) is 5.11 Å². The Morgan fingerprint density at radius 3 is 2.50 bits per heavy atom. The van der Waals surface area contributed by atoms with E-state index >= 15 is 0 Å². The van der Waals surface area contributed by atoms with E-state index in [1.165, 1.54) is 12.1 Å². The number of carboxylic acids is 1. The lowest BCUT2D eigenvalue weighted by molar-refractivity contribution is 0.0697. The van der Waals surface area contributed by atoms with Crippen molar-refractivity contribution in [3.05, 3.63) is 64.4 Å². The first-order chi connectivity index (χ1) is 10.6. The molecule has 110 valence electrons. The van der Waals surface area contributed by atoms with Crippen molar-refractivity contribution < 1.29 is 9.90 Å². The van der Waals surface area contributed by atoms with Crippen molar-refractivity contribution in [3.63, 3.8) is 0 Å². The molecule has 2 aromatic carbocycles. The molecule has 0 spiro atoms. The molecule has 6 nitrogen and oxygen atoms in total. The lowest BCUT2D eigenvalue weighted by Crippen LogP contribution is -2.15. The number of benzene rings is 2. The zero-order chi connectivity index (χ0) is 15.7. The molecule has 0 aliphatic rings. The molecule has 22 heavy (non-hydrogen) atoms. The first kappa shape index (κ1) is 13.8. The van der Waals surface area contributed by atoms with E-state index < -0.39 is 5.97 Å². The summed E-state index contributed by atoms with van der Waals surface area (Å²) in [5.41, 5.74) is 1.32. The van der Waals surface area contributed by atoms with E-state index in [0.29, 0.717) is 17.0 Å². The van der Waals surface area contributed by atoms with Crippen molar-refractivity contribution in [3.8, 4) is 0 Å². The summed E-state index contributed by atoms with van der Waals surface area (Å²) in [5.74, 6) is -0.588. The minimum Gasteiger partial charge on any atom is -0.478 e. The van der Waals surface area contributed by atoms with Gasteiger partial charge in [-0.05, 0) is 36.4 Å². The number of carbonyl (C=O) groups is 1. The lowest BCUT2D eigenvalue weighted by atomic mass is 10.2. The maximum Gasteiger partial charge on any atom is 0.335 e. The highest BCUT2D eigenvalue weighted by molar-refractivity contribution is 5.88. The molecule has 3 rings (SSSR count). The normalized spacial score (nSPS) is 10.6. The van der Waals surface area contributed by atoms with E-state index in [-0.39, 0.29) is 11.1 Å². The maximum absolute atomic E-state index is 12.0. The number of anilines is 2. The van der Waals surface area contributed by atoms with Crippen molar-refractivity contribution in [1.82, 2.24) is 9.55 Å². The average molecular weight is 295 g/mol. The molecular weight excluding hydrogens is 282 g/mol. The summed E-state index contributed by atoms with van der Waals surface area (Å²) in [6.07, 6.45) is 0. The monoisotopic (exact) mass is 295 g/mol. The molecule has 0 aliphatic carbocycles. The second-order valence-electron chi connectivity index (χ2n) is 4.82. The Labute approximate surface area is 125 Å². The molecule has 0 saturated heterocycles. The van der Waals surface area contributed by atoms with Crippen LogP contribution in [0.4, 0.5) is 11.6 Å². The molecule has 0 radical (unpaired) electrons. The molecule has 0 unspecified atom stereocenters. The van der Waals surface area contributed by atoms with Crippen LogP contribution in [-0.2, 0) is 7.05 Å². The Bertz CT molecular complexity index is 914. The number of nitrogens with one attached hydrogen (secondary N) is 1. The fourth-order valence-corrected chi connectivity index (χ4v) is 2.23. The van der Waals surface area contributed by atoms with Gasteiger partial charge in [-0.15, -0.1) is 0 Å². The van der Waals surface area contributed by atoms with Crippen LogP contribution in [0, 0.1) is 0 Å². The van der Waals surface area contributed by atoms with Gasteiger partial charge in [-0.1, -0.05) is 12.1 Å². The molecule has 1 aromatic heterocycles. The number of aromatic carboxylic acids is 1. The number of hydrogen-bond acceptors (Lipinski definition) is 4. The summed E-state index contributed by atoms with van der Waals surface area (Å²) >= 11 is 0. The highest BCUT2D eigenvalue weighted by atomic mass is 16.4. The van der Waals surface area contributed by atoms with Gasteiger partial charge in [0.05, 0.1) is 16.5 Å². The third-order valence-corrected chi connectivity index (χ3v) is 3.41. The van der Waals surface area contributed by atoms with Crippen molar-refractivity contribution >= 4 is 28.5 Å². The number of rotatable bonds is 3. The summed E-state index contributed by atoms with van der Waals surface area (Å²) in [5, 5.41) is 12.5. The maximum atomic E-state index is 12.0. The summed E-state index contributed by atoms with van der Waals surface area (Å²) in [4.78, 5) is 26.9. The fourth-order valence-electron chi connectivity index (χ4n) is 2.23. The van der Waals surface area contributed by atoms with Crippen LogP contribution < -0.4 is 10.9 Å². The number of hydrogen-bond donors (Lipinski definition) is 2. The summed E-state index contributed by atoms with van der Waals surface area (Å²) < 4.78 is 1.78. The van der Waals surface area contributed by atoms with Gasteiger partial charge in [-0.2, -0.15) is 4.98 Å². The standard InChI is InChI=1S/C16H13N3O3/c1-19-13-5-3-2-4-12(13)14(20)18-16(19)17-11-8-6-10(7-9-11)15(21)22/h2-9H,1H3,(H,21,22)(H,17,18,20). The second-order valence-corrected chi connectivity index (χ2v) is 4.82. The van der Waals surface area contributed by atoms with E-state index in [1.807, 2.05) is 19.2 Å². The van der Waals surface area contributed by atoms with Gasteiger partial charge in [0.1, 0.15) is 0 Å². The Hall–Kier alpha value is -3.15. The Morgan fingerprint density at radius 2 is 1.82 bits per heavy atom. The van der Waals surface area contributed by atoms with Crippen LogP contribution in [-0.4, -0.2) is 20.6 Å². The smallest absolute Gasteiger partial charge is 0.335 e. The van der Waals surface area contributed by atoms with Crippen LogP contribution in [0.1, 0.15) is 10.4 Å². The summed E-state index contributed by atoms with van der Waals surface area (Å²) in [6.45, 7) is 0.